The van der Waals surface area contributed by atoms with Gasteiger partial charge in [0, 0.05) is 45.9 Å². The van der Waals surface area contributed by atoms with E-state index in [1.54, 1.807) is 4.57 Å². The van der Waals surface area contributed by atoms with E-state index in [1.165, 1.54) is 17.7 Å². The lowest BCUT2D eigenvalue weighted by atomic mass is 10.1. The van der Waals surface area contributed by atoms with Gasteiger partial charge >= 0.3 is 0 Å². The Bertz CT molecular complexity index is 985. The third-order valence-electron chi connectivity index (χ3n) is 6.49. The summed E-state index contributed by atoms with van der Waals surface area (Å²) in [6.45, 7) is 10.7. The number of benzene rings is 1. The second-order valence-corrected chi connectivity index (χ2v) is 16.2. The van der Waals surface area contributed by atoms with Crippen molar-refractivity contribution in [3.05, 3.63) is 57.9 Å². The lowest BCUT2D eigenvalue weighted by molar-refractivity contribution is 0.0844. The minimum atomic E-state index is -1.16. The fraction of sp³-hybridized carbons (Fsp3) is 0.600. The van der Waals surface area contributed by atoms with E-state index < -0.39 is 8.07 Å². The lowest BCUT2D eigenvalue weighted by Crippen LogP contribution is -2.43. The molecule has 1 aromatic heterocycles. The Labute approximate surface area is 197 Å². The van der Waals surface area contributed by atoms with Crippen LogP contribution in [-0.4, -0.2) is 49.9 Å². The molecule has 2 aromatic rings. The van der Waals surface area contributed by atoms with E-state index in [0.717, 1.165) is 57.1 Å². The fourth-order valence-corrected chi connectivity index (χ4v) is 4.88. The van der Waals surface area contributed by atoms with Crippen LogP contribution >= 0.6 is 0 Å². The topological polar surface area (TPSA) is 59.4 Å². The minimum absolute atomic E-state index is 0.0512. The quantitative estimate of drug-likeness (QED) is 0.374. The molecule has 1 saturated heterocycles. The van der Waals surface area contributed by atoms with Crippen LogP contribution in [0.25, 0.3) is 0 Å². The van der Waals surface area contributed by atoms with Gasteiger partial charge in [-0.3, -0.25) is 9.36 Å². The molecule has 2 atom stereocenters. The van der Waals surface area contributed by atoms with E-state index in [0.29, 0.717) is 31.1 Å². The third kappa shape index (κ3) is 6.74. The first-order chi connectivity index (χ1) is 15.8. The summed E-state index contributed by atoms with van der Waals surface area (Å²) in [7, 11) is -1.16. The Morgan fingerprint density at radius 2 is 1.97 bits per heavy atom. The van der Waals surface area contributed by atoms with Crippen molar-refractivity contribution in [3.8, 4) is 0 Å². The molecule has 6 nitrogen and oxygen atoms in total. The second kappa shape index (κ2) is 10.5. The minimum Gasteiger partial charge on any atom is -0.361 e. The second-order valence-electron chi connectivity index (χ2n) is 10.6. The van der Waals surface area contributed by atoms with Gasteiger partial charge in [0.2, 0.25) is 0 Å². The van der Waals surface area contributed by atoms with Crippen LogP contribution in [0.2, 0.25) is 25.7 Å². The van der Waals surface area contributed by atoms with Crippen LogP contribution in [0.1, 0.15) is 36.4 Å². The van der Waals surface area contributed by atoms with Crippen LogP contribution in [0.4, 0.5) is 10.2 Å². The average molecular weight is 473 g/mol. The predicted octanol–water partition coefficient (Wildman–Crippen LogP) is 3.98. The monoisotopic (exact) mass is 472 g/mol. The van der Waals surface area contributed by atoms with E-state index in [1.807, 2.05) is 18.3 Å². The standard InChI is InChI=1S/C25H37FN4O2Si/c1-33(2,3)15-14-32-18-30-17-21(28-24(25(30)31)29-12-5-13-29)6-4-11-27-23-16-22(23)19-7-9-20(26)10-8-19/h7-10,17,22-23,27H,4-6,11-16,18H2,1-3H3/t22-,23+/m0/s1. The number of nitrogens with one attached hydrogen (secondary N) is 1. The number of halogens is 1. The van der Waals surface area contributed by atoms with Crippen molar-refractivity contribution >= 4 is 13.9 Å². The molecule has 1 aliphatic carbocycles. The van der Waals surface area contributed by atoms with E-state index in [4.69, 9.17) is 9.72 Å². The molecular formula is C25H37FN4O2Si. The number of hydrogen-bond donors (Lipinski definition) is 1. The summed E-state index contributed by atoms with van der Waals surface area (Å²) in [5.74, 6) is 0.868. The first-order valence-corrected chi connectivity index (χ1v) is 15.9. The normalized spacial score (nSPS) is 20.1. The van der Waals surface area contributed by atoms with Crippen LogP contribution in [-0.2, 0) is 17.9 Å². The molecule has 1 saturated carbocycles. The van der Waals surface area contributed by atoms with E-state index in [-0.39, 0.29) is 11.4 Å². The molecule has 0 radical (unpaired) electrons. The predicted molar refractivity (Wildman–Crippen MR) is 133 cm³/mol. The summed E-state index contributed by atoms with van der Waals surface area (Å²) in [6.07, 6.45) is 5.85. The molecule has 1 N–H and O–H groups in total. The van der Waals surface area contributed by atoms with Gasteiger partial charge in [-0.05, 0) is 56.0 Å². The van der Waals surface area contributed by atoms with Crippen LogP contribution in [0.15, 0.2) is 35.3 Å². The maximum absolute atomic E-state index is 13.1. The number of hydrogen-bond acceptors (Lipinski definition) is 5. The van der Waals surface area contributed by atoms with Crippen molar-refractivity contribution in [2.75, 3.05) is 31.1 Å². The SMILES string of the molecule is C[Si](C)(C)CCOCn1cc(CCCN[C@@H]2C[C@H]2c2ccc(F)cc2)nc(N2CCC2)c1=O. The fourth-order valence-electron chi connectivity index (χ4n) is 4.13. The molecule has 1 aliphatic heterocycles. The highest BCUT2D eigenvalue weighted by Crippen LogP contribution is 2.40. The number of aryl methyl sites for hydroxylation is 1. The van der Waals surface area contributed by atoms with Crippen LogP contribution in [0.3, 0.4) is 0 Å². The maximum Gasteiger partial charge on any atom is 0.295 e. The Morgan fingerprint density at radius 3 is 2.64 bits per heavy atom. The zero-order chi connectivity index (χ0) is 23.4. The van der Waals surface area contributed by atoms with E-state index in [2.05, 4.69) is 29.9 Å². The Morgan fingerprint density at radius 1 is 1.21 bits per heavy atom. The summed E-state index contributed by atoms with van der Waals surface area (Å²) < 4.78 is 20.7. The van der Waals surface area contributed by atoms with Gasteiger partial charge in [0.05, 0.1) is 5.69 Å². The highest BCUT2D eigenvalue weighted by Gasteiger charge is 2.37. The first-order valence-electron chi connectivity index (χ1n) is 12.2. The van der Waals surface area contributed by atoms with Crippen molar-refractivity contribution in [1.82, 2.24) is 14.9 Å². The van der Waals surface area contributed by atoms with Gasteiger partial charge in [-0.25, -0.2) is 9.37 Å². The van der Waals surface area contributed by atoms with E-state index >= 15 is 0 Å². The molecule has 0 amide bonds. The number of ether oxygens (including phenoxy) is 1. The van der Waals surface area contributed by atoms with Crippen LogP contribution < -0.4 is 15.8 Å². The van der Waals surface area contributed by atoms with Crippen molar-refractivity contribution in [1.29, 1.82) is 0 Å². The van der Waals surface area contributed by atoms with Gasteiger partial charge < -0.3 is 15.0 Å². The van der Waals surface area contributed by atoms with Gasteiger partial charge in [-0.1, -0.05) is 31.8 Å². The average Bonchev–Trinajstić information content (AvgIpc) is 3.49. The maximum atomic E-state index is 13.1. The number of anilines is 1. The van der Waals surface area contributed by atoms with Crippen molar-refractivity contribution < 1.29 is 9.13 Å². The van der Waals surface area contributed by atoms with Gasteiger partial charge in [-0.2, -0.15) is 0 Å². The zero-order valence-corrected chi connectivity index (χ0v) is 21.1. The Kier molecular flexibility index (Phi) is 7.66. The van der Waals surface area contributed by atoms with Gasteiger partial charge in [0.1, 0.15) is 12.5 Å². The molecule has 2 fully saturated rings. The van der Waals surface area contributed by atoms with Crippen LogP contribution in [0, 0.1) is 5.82 Å². The molecular weight excluding hydrogens is 435 g/mol. The number of rotatable bonds is 12. The highest BCUT2D eigenvalue weighted by atomic mass is 28.3. The summed E-state index contributed by atoms with van der Waals surface area (Å²) in [4.78, 5) is 19.7. The zero-order valence-electron chi connectivity index (χ0n) is 20.1. The van der Waals surface area contributed by atoms with E-state index in [9.17, 15) is 9.18 Å². The van der Waals surface area contributed by atoms with Gasteiger partial charge in [0.25, 0.3) is 5.56 Å². The Balaban J connectivity index is 1.29. The van der Waals surface area contributed by atoms with Gasteiger partial charge in [0.15, 0.2) is 5.82 Å². The molecule has 0 unspecified atom stereocenters. The molecule has 2 aliphatic rings. The highest BCUT2D eigenvalue weighted by molar-refractivity contribution is 6.76. The summed E-state index contributed by atoms with van der Waals surface area (Å²) in [5.41, 5.74) is 2.10. The molecule has 0 bridgehead atoms. The largest absolute Gasteiger partial charge is 0.361 e. The molecule has 180 valence electrons. The molecule has 4 rings (SSSR count). The molecule has 2 heterocycles. The smallest absolute Gasteiger partial charge is 0.295 e. The molecule has 1 aromatic carbocycles. The molecule has 0 spiro atoms. The number of aromatic nitrogens is 2. The van der Waals surface area contributed by atoms with Crippen molar-refractivity contribution in [2.24, 2.45) is 0 Å². The van der Waals surface area contributed by atoms with Crippen molar-refractivity contribution in [2.45, 2.75) is 70.1 Å². The summed E-state index contributed by atoms with van der Waals surface area (Å²) >= 11 is 0. The Hall–Kier alpha value is -2.03. The molecule has 33 heavy (non-hydrogen) atoms. The summed E-state index contributed by atoms with van der Waals surface area (Å²) in [6, 6.07) is 8.40. The number of nitrogens with zero attached hydrogens (tertiary/aromatic N) is 3. The summed E-state index contributed by atoms with van der Waals surface area (Å²) in [5, 5.41) is 3.61. The lowest BCUT2D eigenvalue weighted by Gasteiger charge is -2.31. The first kappa shape index (κ1) is 24.1. The van der Waals surface area contributed by atoms with Gasteiger partial charge in [-0.15, -0.1) is 0 Å². The third-order valence-corrected chi connectivity index (χ3v) is 8.20. The molecule has 8 heteroatoms. The van der Waals surface area contributed by atoms with Crippen LogP contribution in [0.5, 0.6) is 0 Å². The van der Waals surface area contributed by atoms with Crippen molar-refractivity contribution in [3.63, 3.8) is 0 Å².